The second kappa shape index (κ2) is 5.37. The number of nitrogens with one attached hydrogen (secondary N) is 1. The Morgan fingerprint density at radius 1 is 1.69 bits per heavy atom. The van der Waals surface area contributed by atoms with Gasteiger partial charge in [0.25, 0.3) is 0 Å². The zero-order valence-corrected chi connectivity index (χ0v) is 8.10. The van der Waals surface area contributed by atoms with Gasteiger partial charge < -0.3 is 10.5 Å². The van der Waals surface area contributed by atoms with Crippen molar-refractivity contribution < 1.29 is 4.74 Å². The molecule has 13 heavy (non-hydrogen) atoms. The normalized spacial score (nSPS) is 8.69. The summed E-state index contributed by atoms with van der Waals surface area (Å²) in [6.45, 7) is 2.42. The van der Waals surface area contributed by atoms with E-state index in [9.17, 15) is 0 Å². The maximum atomic E-state index is 7.19. The molecule has 1 aromatic rings. The number of ether oxygens (including phenoxy) is 1. The molecule has 0 spiro atoms. The second-order valence-corrected chi connectivity index (χ2v) is 2.20. The smallest absolute Gasteiger partial charge is 0.148 e. The lowest BCUT2D eigenvalue weighted by Gasteiger charge is -2.06. The van der Waals surface area contributed by atoms with E-state index in [2.05, 4.69) is 4.98 Å². The Morgan fingerprint density at radius 3 is 2.92 bits per heavy atom. The molecule has 0 atom stereocenters. The SMILES string of the molecule is CCOc1cccnc1C(=N)N.Cl. The first-order valence-corrected chi connectivity index (χ1v) is 3.68. The highest BCUT2D eigenvalue weighted by Gasteiger charge is 2.05. The molecule has 0 amide bonds. The van der Waals surface area contributed by atoms with Crippen molar-refractivity contribution in [2.75, 3.05) is 6.61 Å². The third-order valence-electron chi connectivity index (χ3n) is 1.33. The van der Waals surface area contributed by atoms with Gasteiger partial charge in [-0.05, 0) is 19.1 Å². The van der Waals surface area contributed by atoms with Crippen LogP contribution in [0, 0.1) is 5.41 Å². The van der Waals surface area contributed by atoms with Crippen molar-refractivity contribution in [3.8, 4) is 5.75 Å². The lowest BCUT2D eigenvalue weighted by atomic mass is 10.3. The molecule has 0 aliphatic carbocycles. The third kappa shape index (κ3) is 2.91. The first kappa shape index (κ1) is 11.7. The average molecular weight is 202 g/mol. The summed E-state index contributed by atoms with van der Waals surface area (Å²) >= 11 is 0. The van der Waals surface area contributed by atoms with Crippen LogP contribution >= 0.6 is 12.4 Å². The van der Waals surface area contributed by atoms with E-state index in [0.29, 0.717) is 18.1 Å². The van der Waals surface area contributed by atoms with E-state index in [-0.39, 0.29) is 18.2 Å². The molecule has 5 heteroatoms. The lowest BCUT2D eigenvalue weighted by molar-refractivity contribution is 0.338. The van der Waals surface area contributed by atoms with Gasteiger partial charge in [-0.3, -0.25) is 5.41 Å². The topological polar surface area (TPSA) is 72.0 Å². The number of pyridine rings is 1. The van der Waals surface area contributed by atoms with Crippen LogP contribution in [-0.2, 0) is 0 Å². The molecule has 0 aliphatic rings. The van der Waals surface area contributed by atoms with Gasteiger partial charge >= 0.3 is 0 Å². The number of hydrogen-bond acceptors (Lipinski definition) is 3. The summed E-state index contributed by atoms with van der Waals surface area (Å²) in [5, 5.41) is 7.19. The monoisotopic (exact) mass is 201 g/mol. The van der Waals surface area contributed by atoms with E-state index in [1.54, 1.807) is 18.3 Å². The maximum Gasteiger partial charge on any atom is 0.148 e. The van der Waals surface area contributed by atoms with Gasteiger partial charge in [0.2, 0.25) is 0 Å². The maximum absolute atomic E-state index is 7.19. The molecule has 0 bridgehead atoms. The third-order valence-corrected chi connectivity index (χ3v) is 1.33. The quantitative estimate of drug-likeness (QED) is 0.570. The van der Waals surface area contributed by atoms with Gasteiger partial charge in [-0.1, -0.05) is 0 Å². The molecular formula is C8H12ClN3O. The van der Waals surface area contributed by atoms with Crippen LogP contribution in [0.25, 0.3) is 0 Å². The molecular weight excluding hydrogens is 190 g/mol. The summed E-state index contributed by atoms with van der Waals surface area (Å²) < 4.78 is 5.21. The van der Waals surface area contributed by atoms with E-state index in [1.807, 2.05) is 6.92 Å². The number of nitrogen functional groups attached to an aromatic ring is 1. The number of amidine groups is 1. The van der Waals surface area contributed by atoms with Crippen LogP contribution in [0.4, 0.5) is 0 Å². The van der Waals surface area contributed by atoms with Crippen LogP contribution in [0.15, 0.2) is 18.3 Å². The van der Waals surface area contributed by atoms with Crippen LogP contribution in [0.1, 0.15) is 12.6 Å². The Kier molecular flexibility index (Phi) is 4.84. The summed E-state index contributed by atoms with van der Waals surface area (Å²) in [7, 11) is 0. The van der Waals surface area contributed by atoms with Gasteiger partial charge in [-0.2, -0.15) is 0 Å². The second-order valence-electron chi connectivity index (χ2n) is 2.20. The van der Waals surface area contributed by atoms with Crippen LogP contribution in [0.3, 0.4) is 0 Å². The van der Waals surface area contributed by atoms with Crippen molar-refractivity contribution in [1.82, 2.24) is 4.98 Å². The lowest BCUT2D eigenvalue weighted by Crippen LogP contribution is -2.14. The van der Waals surface area contributed by atoms with E-state index in [4.69, 9.17) is 15.9 Å². The summed E-state index contributed by atoms with van der Waals surface area (Å²) in [5.41, 5.74) is 5.69. The summed E-state index contributed by atoms with van der Waals surface area (Å²) in [5.74, 6) is 0.492. The molecule has 3 N–H and O–H groups in total. The van der Waals surface area contributed by atoms with Gasteiger partial charge in [-0.25, -0.2) is 4.98 Å². The van der Waals surface area contributed by atoms with Gasteiger partial charge in [0.05, 0.1) is 6.61 Å². The number of nitrogens with two attached hydrogens (primary N) is 1. The van der Waals surface area contributed by atoms with Crippen LogP contribution in [-0.4, -0.2) is 17.4 Å². The molecule has 0 fully saturated rings. The molecule has 0 saturated heterocycles. The molecule has 4 nitrogen and oxygen atoms in total. The molecule has 0 unspecified atom stereocenters. The first-order chi connectivity index (χ1) is 5.75. The molecule has 1 rings (SSSR count). The highest BCUT2D eigenvalue weighted by molar-refractivity contribution is 5.95. The van der Waals surface area contributed by atoms with Crippen molar-refractivity contribution in [2.24, 2.45) is 5.73 Å². The molecule has 1 aromatic heterocycles. The van der Waals surface area contributed by atoms with Crippen molar-refractivity contribution in [3.63, 3.8) is 0 Å². The molecule has 0 aromatic carbocycles. The summed E-state index contributed by atoms with van der Waals surface area (Å²) in [6.07, 6.45) is 1.58. The minimum absolute atomic E-state index is 0. The first-order valence-electron chi connectivity index (χ1n) is 3.68. The van der Waals surface area contributed by atoms with E-state index < -0.39 is 0 Å². The van der Waals surface area contributed by atoms with E-state index >= 15 is 0 Å². The molecule has 0 aliphatic heterocycles. The van der Waals surface area contributed by atoms with E-state index in [1.165, 1.54) is 0 Å². The Labute approximate surface area is 83.0 Å². The van der Waals surface area contributed by atoms with Crippen molar-refractivity contribution in [3.05, 3.63) is 24.0 Å². The molecule has 1 heterocycles. The number of rotatable bonds is 3. The van der Waals surface area contributed by atoms with Gasteiger partial charge in [0, 0.05) is 6.20 Å². The fraction of sp³-hybridized carbons (Fsp3) is 0.250. The highest BCUT2D eigenvalue weighted by atomic mass is 35.5. The fourth-order valence-electron chi connectivity index (χ4n) is 0.865. The molecule has 72 valence electrons. The Balaban J connectivity index is 0.00000144. The zero-order valence-electron chi connectivity index (χ0n) is 7.28. The minimum atomic E-state index is -0.0703. The van der Waals surface area contributed by atoms with Crippen LogP contribution in [0.5, 0.6) is 5.75 Å². The van der Waals surface area contributed by atoms with E-state index in [0.717, 1.165) is 0 Å². The number of aromatic nitrogens is 1. The molecule has 0 saturated carbocycles. The molecule has 0 radical (unpaired) electrons. The standard InChI is InChI=1S/C8H11N3O.ClH/c1-2-12-6-4-3-5-11-7(6)8(9)10;/h3-5H,2H2,1H3,(H3,9,10);1H. The predicted octanol–water partition coefficient (Wildman–Crippen LogP) is 1.19. The van der Waals surface area contributed by atoms with Crippen LogP contribution < -0.4 is 10.5 Å². The number of halogens is 1. The fourth-order valence-corrected chi connectivity index (χ4v) is 0.865. The number of hydrogen-bond donors (Lipinski definition) is 2. The largest absolute Gasteiger partial charge is 0.491 e. The van der Waals surface area contributed by atoms with Crippen molar-refractivity contribution in [1.29, 1.82) is 5.41 Å². The van der Waals surface area contributed by atoms with Crippen molar-refractivity contribution >= 4 is 18.2 Å². The zero-order chi connectivity index (χ0) is 8.97. The number of nitrogens with zero attached hydrogens (tertiary/aromatic N) is 1. The Hall–Kier alpha value is -1.29. The predicted molar refractivity (Wildman–Crippen MR) is 53.7 cm³/mol. The minimum Gasteiger partial charge on any atom is -0.491 e. The van der Waals surface area contributed by atoms with Crippen LogP contribution in [0.2, 0.25) is 0 Å². The van der Waals surface area contributed by atoms with Gasteiger partial charge in [0.1, 0.15) is 17.3 Å². The highest BCUT2D eigenvalue weighted by Crippen LogP contribution is 2.13. The Morgan fingerprint density at radius 2 is 2.38 bits per heavy atom. The van der Waals surface area contributed by atoms with Gasteiger partial charge in [-0.15, -0.1) is 12.4 Å². The average Bonchev–Trinajstić information content (AvgIpc) is 2.05. The Bertz CT molecular complexity index is 290. The summed E-state index contributed by atoms with van der Waals surface area (Å²) in [6, 6.07) is 3.49. The van der Waals surface area contributed by atoms with Crippen molar-refractivity contribution in [2.45, 2.75) is 6.92 Å². The summed E-state index contributed by atoms with van der Waals surface area (Å²) in [4.78, 5) is 3.92. The van der Waals surface area contributed by atoms with Gasteiger partial charge in [0.15, 0.2) is 0 Å².